The lowest BCUT2D eigenvalue weighted by Crippen LogP contribution is -2.06. The molecule has 0 radical (unpaired) electrons. The second kappa shape index (κ2) is 5.90. The number of aromatic nitrogens is 1. The lowest BCUT2D eigenvalue weighted by Gasteiger charge is -2.10. The lowest BCUT2D eigenvalue weighted by molar-refractivity contribution is 0.603. The third-order valence-electron chi connectivity index (χ3n) is 2.72. The molecule has 1 aromatic heterocycles. The van der Waals surface area contributed by atoms with Crippen molar-refractivity contribution in [2.45, 2.75) is 11.4 Å². The summed E-state index contributed by atoms with van der Waals surface area (Å²) < 4.78 is 22.4. The molecule has 1 aromatic carbocycles. The molecule has 4 nitrogen and oxygen atoms in total. The van der Waals surface area contributed by atoms with Gasteiger partial charge < -0.3 is 5.73 Å². The van der Waals surface area contributed by atoms with E-state index in [2.05, 4.69) is 4.98 Å². The first-order chi connectivity index (χ1) is 9.01. The first kappa shape index (κ1) is 14.3. The fraction of sp³-hybridized carbons (Fsp3) is 0.308. The van der Waals surface area contributed by atoms with Gasteiger partial charge in [-0.05, 0) is 11.6 Å². The number of benzene rings is 1. The van der Waals surface area contributed by atoms with Gasteiger partial charge in [0.2, 0.25) is 0 Å². The van der Waals surface area contributed by atoms with Crippen LogP contribution in [0.5, 0.6) is 0 Å². The Hall–Kier alpha value is -1.11. The highest BCUT2D eigenvalue weighted by Gasteiger charge is 2.10. The highest BCUT2D eigenvalue weighted by atomic mass is 32.2. The molecule has 2 N–H and O–H groups in total. The molecule has 0 aliphatic rings. The molecule has 102 valence electrons. The Bertz CT molecular complexity index is 684. The van der Waals surface area contributed by atoms with Gasteiger partial charge in [-0.3, -0.25) is 4.98 Å². The summed E-state index contributed by atoms with van der Waals surface area (Å²) in [5.41, 5.74) is 7.59. The summed E-state index contributed by atoms with van der Waals surface area (Å²) in [5, 5.41) is 1.03. The van der Waals surface area contributed by atoms with Crippen LogP contribution in [0.4, 0.5) is 0 Å². The summed E-state index contributed by atoms with van der Waals surface area (Å²) in [6.45, 7) is 0.402. The number of thioether (sulfide) groups is 1. The van der Waals surface area contributed by atoms with E-state index in [-0.39, 0.29) is 5.75 Å². The summed E-state index contributed by atoms with van der Waals surface area (Å²) in [5.74, 6) is 0.693. The number of fused-ring (bicyclic) bond motifs is 1. The van der Waals surface area contributed by atoms with Gasteiger partial charge >= 0.3 is 0 Å². The van der Waals surface area contributed by atoms with Crippen molar-refractivity contribution in [3.05, 3.63) is 36.0 Å². The van der Waals surface area contributed by atoms with Gasteiger partial charge in [0, 0.05) is 35.0 Å². The van der Waals surface area contributed by atoms with Crippen LogP contribution < -0.4 is 5.73 Å². The smallest absolute Gasteiger partial charge is 0.148 e. The van der Waals surface area contributed by atoms with Crippen molar-refractivity contribution in [1.82, 2.24) is 4.98 Å². The van der Waals surface area contributed by atoms with Crippen molar-refractivity contribution in [1.29, 1.82) is 0 Å². The van der Waals surface area contributed by atoms with E-state index in [0.29, 0.717) is 12.3 Å². The molecular weight excluding hydrogens is 280 g/mol. The van der Waals surface area contributed by atoms with Crippen molar-refractivity contribution in [3.63, 3.8) is 0 Å². The predicted molar refractivity (Wildman–Crippen MR) is 80.1 cm³/mol. The second-order valence-electron chi connectivity index (χ2n) is 4.31. The molecule has 0 spiro atoms. The van der Waals surface area contributed by atoms with Crippen molar-refractivity contribution in [2.75, 3.05) is 17.8 Å². The molecule has 2 aromatic rings. The quantitative estimate of drug-likeness (QED) is 0.852. The van der Waals surface area contributed by atoms with Gasteiger partial charge in [-0.1, -0.05) is 18.2 Å². The molecule has 0 saturated heterocycles. The normalized spacial score (nSPS) is 11.9. The van der Waals surface area contributed by atoms with E-state index >= 15 is 0 Å². The molecule has 19 heavy (non-hydrogen) atoms. The number of pyridine rings is 1. The molecule has 6 heteroatoms. The van der Waals surface area contributed by atoms with Gasteiger partial charge in [0.05, 0.1) is 11.3 Å². The van der Waals surface area contributed by atoms with Gasteiger partial charge in [-0.2, -0.15) is 0 Å². The summed E-state index contributed by atoms with van der Waals surface area (Å²) in [6.07, 6.45) is 3.02. The minimum absolute atomic E-state index is 0.165. The monoisotopic (exact) mass is 296 g/mol. The third kappa shape index (κ3) is 3.68. The van der Waals surface area contributed by atoms with Crippen molar-refractivity contribution in [3.8, 4) is 0 Å². The second-order valence-corrected chi connectivity index (χ2v) is 7.68. The van der Waals surface area contributed by atoms with Gasteiger partial charge in [0.15, 0.2) is 0 Å². The van der Waals surface area contributed by atoms with Gasteiger partial charge in [-0.25, -0.2) is 8.42 Å². The number of hydrogen-bond donors (Lipinski definition) is 1. The van der Waals surface area contributed by atoms with E-state index in [1.54, 1.807) is 6.20 Å². The summed E-state index contributed by atoms with van der Waals surface area (Å²) in [4.78, 5) is 5.40. The topological polar surface area (TPSA) is 73.0 Å². The molecule has 0 aliphatic heterocycles. The molecule has 0 atom stereocenters. The number of rotatable bonds is 5. The van der Waals surface area contributed by atoms with Gasteiger partial charge in [0.25, 0.3) is 0 Å². The average Bonchev–Trinajstić information content (AvgIpc) is 2.37. The Morgan fingerprint density at radius 1 is 1.32 bits per heavy atom. The van der Waals surface area contributed by atoms with Crippen LogP contribution in [0.3, 0.4) is 0 Å². The minimum atomic E-state index is -2.93. The van der Waals surface area contributed by atoms with Crippen molar-refractivity contribution in [2.24, 2.45) is 5.73 Å². The molecule has 0 unspecified atom stereocenters. The molecule has 1 heterocycles. The zero-order valence-corrected chi connectivity index (χ0v) is 12.3. The molecule has 0 bridgehead atoms. The average molecular weight is 296 g/mol. The lowest BCUT2D eigenvalue weighted by atomic mass is 10.1. The van der Waals surface area contributed by atoms with Crippen LogP contribution in [0.15, 0.2) is 35.4 Å². The maximum absolute atomic E-state index is 11.2. The molecule has 0 aliphatic carbocycles. The van der Waals surface area contributed by atoms with Crippen LogP contribution in [0.1, 0.15) is 5.56 Å². The maximum atomic E-state index is 11.2. The largest absolute Gasteiger partial charge is 0.326 e. The standard InChI is InChI=1S/C13H16N2O2S2/c1-19(16,17)7-6-18-13-10(8-14)9-15-12-5-3-2-4-11(12)13/h2-5,9H,6-8,14H2,1H3. The van der Waals surface area contributed by atoms with Crippen LogP contribution >= 0.6 is 11.8 Å². The van der Waals surface area contributed by atoms with Crippen LogP contribution in [0.2, 0.25) is 0 Å². The molecular formula is C13H16N2O2S2. The van der Waals surface area contributed by atoms with E-state index in [4.69, 9.17) is 5.73 Å². The predicted octanol–water partition coefficient (Wildman–Crippen LogP) is 1.83. The van der Waals surface area contributed by atoms with Gasteiger partial charge in [0.1, 0.15) is 9.84 Å². The fourth-order valence-electron chi connectivity index (χ4n) is 1.77. The van der Waals surface area contributed by atoms with E-state index in [1.165, 1.54) is 18.0 Å². The number of hydrogen-bond acceptors (Lipinski definition) is 5. The number of para-hydroxylation sites is 1. The van der Waals surface area contributed by atoms with Gasteiger partial charge in [-0.15, -0.1) is 11.8 Å². The molecule has 0 fully saturated rings. The Kier molecular flexibility index (Phi) is 4.44. The SMILES string of the molecule is CS(=O)(=O)CCSc1c(CN)cnc2ccccc12. The fourth-order valence-corrected chi connectivity index (χ4v) is 4.17. The van der Waals surface area contributed by atoms with Crippen LogP contribution in [0, 0.1) is 0 Å². The Balaban J connectivity index is 2.34. The first-order valence-corrected chi connectivity index (χ1v) is 8.93. The van der Waals surface area contributed by atoms with E-state index < -0.39 is 9.84 Å². The number of nitrogens with zero attached hydrogens (tertiary/aromatic N) is 1. The first-order valence-electron chi connectivity index (χ1n) is 5.88. The Labute approximate surface area is 117 Å². The van der Waals surface area contributed by atoms with E-state index in [0.717, 1.165) is 21.4 Å². The van der Waals surface area contributed by atoms with E-state index in [9.17, 15) is 8.42 Å². The van der Waals surface area contributed by atoms with Crippen LogP contribution in [-0.2, 0) is 16.4 Å². The summed E-state index contributed by atoms with van der Waals surface area (Å²) >= 11 is 1.53. The Morgan fingerprint density at radius 3 is 2.74 bits per heavy atom. The highest BCUT2D eigenvalue weighted by molar-refractivity contribution is 8.00. The van der Waals surface area contributed by atoms with E-state index in [1.807, 2.05) is 24.3 Å². The van der Waals surface area contributed by atoms with Crippen molar-refractivity contribution >= 4 is 32.5 Å². The zero-order valence-electron chi connectivity index (χ0n) is 10.7. The summed E-state index contributed by atoms with van der Waals surface area (Å²) in [7, 11) is -2.93. The Morgan fingerprint density at radius 2 is 2.05 bits per heavy atom. The van der Waals surface area contributed by atoms with Crippen LogP contribution in [0.25, 0.3) is 10.9 Å². The number of sulfone groups is 1. The third-order valence-corrected chi connectivity index (χ3v) is 5.10. The summed E-state index contributed by atoms with van der Waals surface area (Å²) in [6, 6.07) is 7.81. The zero-order chi connectivity index (χ0) is 13.9. The van der Waals surface area contributed by atoms with Crippen LogP contribution in [-0.4, -0.2) is 31.2 Å². The molecule has 0 amide bonds. The molecule has 2 rings (SSSR count). The maximum Gasteiger partial charge on any atom is 0.148 e. The number of nitrogens with two attached hydrogens (primary N) is 1. The van der Waals surface area contributed by atoms with Crippen molar-refractivity contribution < 1.29 is 8.42 Å². The molecule has 0 saturated carbocycles. The minimum Gasteiger partial charge on any atom is -0.326 e. The highest BCUT2D eigenvalue weighted by Crippen LogP contribution is 2.30.